The molecule has 2 saturated heterocycles. The molecule has 0 aromatic carbocycles. The number of hydrogen-bond donors (Lipinski definition) is 1. The Kier molecular flexibility index (Phi) is 4.31. The van der Waals surface area contributed by atoms with E-state index in [4.69, 9.17) is 0 Å². The maximum Gasteiger partial charge on any atom is 0.222 e. The van der Waals surface area contributed by atoms with Gasteiger partial charge in [0.1, 0.15) is 0 Å². The van der Waals surface area contributed by atoms with Crippen molar-refractivity contribution in [1.29, 1.82) is 0 Å². The fourth-order valence-electron chi connectivity index (χ4n) is 3.26. The van der Waals surface area contributed by atoms with Crippen LogP contribution in [0.15, 0.2) is 0 Å². The van der Waals surface area contributed by atoms with Crippen LogP contribution in [0.5, 0.6) is 0 Å². The third-order valence-electron chi connectivity index (χ3n) is 4.70. The Morgan fingerprint density at radius 3 is 2.39 bits per heavy atom. The highest BCUT2D eigenvalue weighted by Gasteiger charge is 2.31. The van der Waals surface area contributed by atoms with Gasteiger partial charge in [-0.3, -0.25) is 4.79 Å². The van der Waals surface area contributed by atoms with Gasteiger partial charge in [0, 0.05) is 19.5 Å². The van der Waals surface area contributed by atoms with Gasteiger partial charge in [0.25, 0.3) is 0 Å². The van der Waals surface area contributed by atoms with Crippen molar-refractivity contribution in [3.63, 3.8) is 0 Å². The van der Waals surface area contributed by atoms with Gasteiger partial charge in [0.05, 0.1) is 0 Å². The summed E-state index contributed by atoms with van der Waals surface area (Å²) in [6.07, 6.45) is 4.29. The molecule has 2 aliphatic rings. The van der Waals surface area contributed by atoms with Gasteiger partial charge in [-0.25, -0.2) is 0 Å². The zero-order chi connectivity index (χ0) is 13.2. The van der Waals surface area contributed by atoms with Crippen molar-refractivity contribution < 1.29 is 4.79 Å². The molecule has 18 heavy (non-hydrogen) atoms. The van der Waals surface area contributed by atoms with E-state index in [0.29, 0.717) is 17.2 Å². The average Bonchev–Trinajstić information content (AvgIpc) is 2.81. The lowest BCUT2D eigenvalue weighted by Gasteiger charge is -2.39. The van der Waals surface area contributed by atoms with Crippen LogP contribution in [-0.4, -0.2) is 37.0 Å². The van der Waals surface area contributed by atoms with Crippen LogP contribution in [0, 0.1) is 17.3 Å². The summed E-state index contributed by atoms with van der Waals surface area (Å²) in [5, 5.41) is 3.34. The van der Waals surface area contributed by atoms with Gasteiger partial charge in [-0.2, -0.15) is 0 Å². The maximum atomic E-state index is 12.2. The second-order valence-electron chi connectivity index (χ2n) is 7.08. The molecule has 2 rings (SSSR count). The molecular formula is C15H28N2O. The number of carbonyl (C=O) groups excluding carboxylic acids is 1. The van der Waals surface area contributed by atoms with Crippen molar-refractivity contribution in [2.45, 2.75) is 46.5 Å². The Bertz CT molecular complexity index is 281. The predicted molar refractivity (Wildman–Crippen MR) is 74.4 cm³/mol. The fourth-order valence-corrected chi connectivity index (χ4v) is 3.26. The van der Waals surface area contributed by atoms with Crippen LogP contribution in [0.4, 0.5) is 0 Å². The Morgan fingerprint density at radius 2 is 1.89 bits per heavy atom. The van der Waals surface area contributed by atoms with E-state index in [9.17, 15) is 4.79 Å². The van der Waals surface area contributed by atoms with Crippen LogP contribution in [-0.2, 0) is 4.79 Å². The van der Waals surface area contributed by atoms with Crippen LogP contribution < -0.4 is 5.32 Å². The van der Waals surface area contributed by atoms with Gasteiger partial charge in [-0.05, 0) is 49.6 Å². The molecule has 3 heteroatoms. The van der Waals surface area contributed by atoms with E-state index in [2.05, 4.69) is 31.0 Å². The Morgan fingerprint density at radius 1 is 1.22 bits per heavy atom. The summed E-state index contributed by atoms with van der Waals surface area (Å²) in [4.78, 5) is 14.3. The summed E-state index contributed by atoms with van der Waals surface area (Å²) in [6, 6.07) is 0. The molecular weight excluding hydrogens is 224 g/mol. The number of hydrogen-bond acceptors (Lipinski definition) is 2. The van der Waals surface area contributed by atoms with Crippen LogP contribution >= 0.6 is 0 Å². The maximum absolute atomic E-state index is 12.2. The van der Waals surface area contributed by atoms with E-state index in [-0.39, 0.29) is 0 Å². The highest BCUT2D eigenvalue weighted by Crippen LogP contribution is 2.34. The second-order valence-corrected chi connectivity index (χ2v) is 7.08. The van der Waals surface area contributed by atoms with Crippen molar-refractivity contribution in [3.8, 4) is 0 Å². The lowest BCUT2D eigenvalue weighted by Crippen LogP contribution is -2.42. The number of amides is 1. The van der Waals surface area contributed by atoms with E-state index in [0.717, 1.165) is 38.5 Å². The van der Waals surface area contributed by atoms with Crippen LogP contribution in [0.3, 0.4) is 0 Å². The Hall–Kier alpha value is -0.570. The van der Waals surface area contributed by atoms with Crippen LogP contribution in [0.25, 0.3) is 0 Å². The molecule has 0 aliphatic carbocycles. The van der Waals surface area contributed by atoms with Crippen molar-refractivity contribution in [1.82, 2.24) is 10.2 Å². The minimum absolute atomic E-state index is 0.385. The standard InChI is InChI=1S/C15H28N2O/c1-15(2,3)13-5-8-17(9-6-13)14(18)10-12-4-7-16-11-12/h12-13,16H,4-11H2,1-3H3. The van der Waals surface area contributed by atoms with Gasteiger partial charge in [-0.1, -0.05) is 20.8 Å². The first kappa shape index (κ1) is 13.9. The van der Waals surface area contributed by atoms with E-state index < -0.39 is 0 Å². The molecule has 1 N–H and O–H groups in total. The second kappa shape index (κ2) is 5.60. The van der Waals surface area contributed by atoms with E-state index >= 15 is 0 Å². The molecule has 1 atom stereocenters. The molecule has 2 aliphatic heterocycles. The number of carbonyl (C=O) groups is 1. The number of piperidine rings is 1. The molecule has 0 aromatic rings. The SMILES string of the molecule is CC(C)(C)C1CCN(C(=O)CC2CCNC2)CC1. The first-order valence-corrected chi connectivity index (χ1v) is 7.45. The summed E-state index contributed by atoms with van der Waals surface area (Å²) in [7, 11) is 0. The molecule has 0 spiro atoms. The van der Waals surface area contributed by atoms with Crippen LogP contribution in [0.2, 0.25) is 0 Å². The lowest BCUT2D eigenvalue weighted by atomic mass is 9.75. The molecule has 2 fully saturated rings. The lowest BCUT2D eigenvalue weighted by molar-refractivity contribution is -0.134. The van der Waals surface area contributed by atoms with Crippen molar-refractivity contribution in [2.24, 2.45) is 17.3 Å². The van der Waals surface area contributed by atoms with Crippen molar-refractivity contribution in [2.75, 3.05) is 26.2 Å². The molecule has 1 unspecified atom stereocenters. The van der Waals surface area contributed by atoms with Crippen molar-refractivity contribution in [3.05, 3.63) is 0 Å². The topological polar surface area (TPSA) is 32.3 Å². The highest BCUT2D eigenvalue weighted by molar-refractivity contribution is 5.76. The molecule has 1 amide bonds. The molecule has 0 radical (unpaired) electrons. The molecule has 0 aromatic heterocycles. The third kappa shape index (κ3) is 3.47. The highest BCUT2D eigenvalue weighted by atomic mass is 16.2. The van der Waals surface area contributed by atoms with E-state index in [1.165, 1.54) is 19.3 Å². The summed E-state index contributed by atoms with van der Waals surface area (Å²) in [6.45, 7) is 11.0. The zero-order valence-corrected chi connectivity index (χ0v) is 12.2. The summed E-state index contributed by atoms with van der Waals surface area (Å²) < 4.78 is 0. The number of nitrogens with zero attached hydrogens (tertiary/aromatic N) is 1. The molecule has 0 saturated carbocycles. The first-order valence-electron chi connectivity index (χ1n) is 7.45. The minimum Gasteiger partial charge on any atom is -0.343 e. The van der Waals surface area contributed by atoms with Crippen molar-refractivity contribution >= 4 is 5.91 Å². The number of rotatable bonds is 2. The van der Waals surface area contributed by atoms with Crippen LogP contribution in [0.1, 0.15) is 46.5 Å². The average molecular weight is 252 g/mol. The predicted octanol–water partition coefficient (Wildman–Crippen LogP) is 2.27. The van der Waals surface area contributed by atoms with Gasteiger partial charge in [-0.15, -0.1) is 0 Å². The first-order chi connectivity index (χ1) is 8.47. The van der Waals surface area contributed by atoms with E-state index in [1.54, 1.807) is 0 Å². The summed E-state index contributed by atoms with van der Waals surface area (Å²) in [5.74, 6) is 1.74. The van der Waals surface area contributed by atoms with Gasteiger partial charge in [0.2, 0.25) is 5.91 Å². The summed E-state index contributed by atoms with van der Waals surface area (Å²) in [5.41, 5.74) is 0.393. The monoisotopic (exact) mass is 252 g/mol. The molecule has 0 bridgehead atoms. The van der Waals surface area contributed by atoms with Gasteiger partial charge >= 0.3 is 0 Å². The Labute approximate surface area is 111 Å². The quantitative estimate of drug-likeness (QED) is 0.817. The van der Waals surface area contributed by atoms with E-state index in [1.807, 2.05) is 0 Å². The fraction of sp³-hybridized carbons (Fsp3) is 0.933. The largest absolute Gasteiger partial charge is 0.343 e. The number of likely N-dealkylation sites (tertiary alicyclic amines) is 1. The normalized spacial score (nSPS) is 26.6. The third-order valence-corrected chi connectivity index (χ3v) is 4.70. The zero-order valence-electron chi connectivity index (χ0n) is 12.2. The molecule has 104 valence electrons. The molecule has 3 nitrogen and oxygen atoms in total. The Balaban J connectivity index is 1.76. The van der Waals surface area contributed by atoms with Gasteiger partial charge in [0.15, 0.2) is 0 Å². The molecule has 2 heterocycles. The summed E-state index contributed by atoms with van der Waals surface area (Å²) >= 11 is 0. The number of nitrogens with one attached hydrogen (secondary N) is 1. The minimum atomic E-state index is 0.385. The van der Waals surface area contributed by atoms with Gasteiger partial charge < -0.3 is 10.2 Å². The smallest absolute Gasteiger partial charge is 0.222 e.